The molecule has 0 aliphatic heterocycles. The summed E-state index contributed by atoms with van der Waals surface area (Å²) in [5.74, 6) is -4.32. The van der Waals surface area contributed by atoms with E-state index in [0.29, 0.717) is 12.1 Å². The molecule has 0 spiro atoms. The lowest BCUT2D eigenvalue weighted by Crippen LogP contribution is -2.43. The maximum atomic E-state index is 13.1. The number of rotatable bonds is 4. The Balaban J connectivity index is 3.21. The van der Waals surface area contributed by atoms with E-state index in [1.54, 1.807) is 20.8 Å². The Kier molecular flexibility index (Phi) is 4.35. The maximum Gasteiger partial charge on any atom is 0.337 e. The molecule has 0 amide bonds. The molecule has 6 nitrogen and oxygen atoms in total. The molecular formula is C11H14F2N2O4S. The fourth-order valence-corrected chi connectivity index (χ4v) is 2.70. The van der Waals surface area contributed by atoms with Crippen molar-refractivity contribution in [3.05, 3.63) is 29.3 Å². The lowest BCUT2D eigenvalue weighted by molar-refractivity contribution is 0.0697. The number of anilines is 1. The zero-order chi connectivity index (χ0) is 15.7. The molecule has 3 N–H and O–H groups in total. The van der Waals surface area contributed by atoms with Gasteiger partial charge in [-0.15, -0.1) is 0 Å². The fourth-order valence-electron chi connectivity index (χ4n) is 1.38. The smallest absolute Gasteiger partial charge is 0.337 e. The van der Waals surface area contributed by atoms with Crippen LogP contribution in [0, 0.1) is 11.6 Å². The summed E-state index contributed by atoms with van der Waals surface area (Å²) < 4.78 is 53.7. The third-order valence-corrected chi connectivity index (χ3v) is 3.35. The summed E-state index contributed by atoms with van der Waals surface area (Å²) >= 11 is 0. The molecule has 0 aromatic heterocycles. The minimum atomic E-state index is -4.13. The molecule has 0 aliphatic rings. The Hall–Kier alpha value is -1.74. The molecule has 112 valence electrons. The summed E-state index contributed by atoms with van der Waals surface area (Å²) in [6.45, 7) is 4.70. The van der Waals surface area contributed by atoms with Gasteiger partial charge >= 0.3 is 5.97 Å². The van der Waals surface area contributed by atoms with Crippen LogP contribution < -0.4 is 9.44 Å². The maximum absolute atomic E-state index is 13.1. The standard InChI is InChI=1S/C11H14F2N2O4S/c1-11(2,3)15-20(18,19)14-9-5-8(13)7(12)4-6(9)10(16)17/h4-5,14-15H,1-3H3,(H,16,17). The fraction of sp³-hybridized carbons (Fsp3) is 0.364. The largest absolute Gasteiger partial charge is 0.478 e. The highest BCUT2D eigenvalue weighted by Gasteiger charge is 2.23. The van der Waals surface area contributed by atoms with Gasteiger partial charge in [0.05, 0.1) is 11.3 Å². The number of carboxylic acid groups (broad SMARTS) is 1. The van der Waals surface area contributed by atoms with Gasteiger partial charge in [0.1, 0.15) is 0 Å². The molecule has 1 aromatic rings. The van der Waals surface area contributed by atoms with Crippen molar-refractivity contribution in [1.82, 2.24) is 4.72 Å². The van der Waals surface area contributed by atoms with Gasteiger partial charge in [0, 0.05) is 11.6 Å². The summed E-state index contributed by atoms with van der Waals surface area (Å²) in [4.78, 5) is 10.9. The first-order valence-corrected chi connectivity index (χ1v) is 6.94. The van der Waals surface area contributed by atoms with E-state index in [2.05, 4.69) is 4.72 Å². The molecule has 20 heavy (non-hydrogen) atoms. The van der Waals surface area contributed by atoms with E-state index >= 15 is 0 Å². The van der Waals surface area contributed by atoms with Crippen LogP contribution in [0.2, 0.25) is 0 Å². The van der Waals surface area contributed by atoms with Gasteiger partial charge in [-0.2, -0.15) is 13.1 Å². The molecule has 9 heteroatoms. The average Bonchev–Trinajstić information content (AvgIpc) is 2.18. The molecule has 0 saturated carbocycles. The van der Waals surface area contributed by atoms with Gasteiger partial charge in [-0.3, -0.25) is 4.72 Å². The van der Waals surface area contributed by atoms with Gasteiger partial charge in [0.15, 0.2) is 11.6 Å². The number of nitrogens with one attached hydrogen (secondary N) is 2. The molecule has 0 atom stereocenters. The number of aromatic carboxylic acids is 1. The van der Waals surface area contributed by atoms with Crippen LogP contribution in [0.15, 0.2) is 12.1 Å². The van der Waals surface area contributed by atoms with Crippen molar-refractivity contribution < 1.29 is 27.1 Å². The van der Waals surface area contributed by atoms with Gasteiger partial charge in [0.25, 0.3) is 10.2 Å². The van der Waals surface area contributed by atoms with Crippen LogP contribution in [0.4, 0.5) is 14.5 Å². The average molecular weight is 308 g/mol. The highest BCUT2D eigenvalue weighted by Crippen LogP contribution is 2.21. The van der Waals surface area contributed by atoms with E-state index in [4.69, 9.17) is 5.11 Å². The lowest BCUT2D eigenvalue weighted by atomic mass is 10.1. The summed E-state index contributed by atoms with van der Waals surface area (Å²) in [6.07, 6.45) is 0. The van der Waals surface area contributed by atoms with Crippen molar-refractivity contribution in [2.45, 2.75) is 26.3 Å². The Bertz CT molecular complexity index is 639. The second-order valence-electron chi connectivity index (χ2n) is 5.07. The van der Waals surface area contributed by atoms with E-state index in [-0.39, 0.29) is 0 Å². The summed E-state index contributed by atoms with van der Waals surface area (Å²) in [5.41, 5.74) is -2.08. The SMILES string of the molecule is CC(C)(C)NS(=O)(=O)Nc1cc(F)c(F)cc1C(=O)O. The van der Waals surface area contributed by atoms with Crippen LogP contribution in [0.1, 0.15) is 31.1 Å². The Morgan fingerprint density at radius 2 is 1.70 bits per heavy atom. The molecule has 1 aromatic carbocycles. The summed E-state index contributed by atoms with van der Waals surface area (Å²) in [5, 5.41) is 8.87. The molecule has 1 rings (SSSR count). The summed E-state index contributed by atoms with van der Waals surface area (Å²) in [7, 11) is -4.13. The first-order chi connectivity index (χ1) is 8.91. The van der Waals surface area contributed by atoms with Crippen molar-refractivity contribution >= 4 is 21.9 Å². The van der Waals surface area contributed by atoms with Gasteiger partial charge in [-0.25, -0.2) is 13.6 Å². The van der Waals surface area contributed by atoms with Crippen molar-refractivity contribution in [2.75, 3.05) is 4.72 Å². The van der Waals surface area contributed by atoms with Crippen LogP contribution in [-0.4, -0.2) is 25.0 Å². The molecule has 0 bridgehead atoms. The predicted octanol–water partition coefficient (Wildman–Crippen LogP) is 1.71. The molecule has 0 fully saturated rings. The third kappa shape index (κ3) is 4.42. The van der Waals surface area contributed by atoms with E-state index in [0.717, 1.165) is 0 Å². The summed E-state index contributed by atoms with van der Waals surface area (Å²) in [6, 6.07) is 0.882. The topological polar surface area (TPSA) is 95.5 Å². The van der Waals surface area contributed by atoms with Crippen LogP contribution in [0.3, 0.4) is 0 Å². The van der Waals surface area contributed by atoms with E-state index in [9.17, 15) is 22.0 Å². The van der Waals surface area contributed by atoms with Crippen molar-refractivity contribution in [3.8, 4) is 0 Å². The number of hydrogen-bond donors (Lipinski definition) is 3. The molecule has 0 heterocycles. The molecule has 0 radical (unpaired) electrons. The van der Waals surface area contributed by atoms with Crippen LogP contribution >= 0.6 is 0 Å². The van der Waals surface area contributed by atoms with Gasteiger partial charge in [0.2, 0.25) is 0 Å². The second-order valence-corrected chi connectivity index (χ2v) is 6.49. The highest BCUT2D eigenvalue weighted by atomic mass is 32.2. The van der Waals surface area contributed by atoms with E-state index in [1.165, 1.54) is 0 Å². The van der Waals surface area contributed by atoms with Crippen molar-refractivity contribution in [2.24, 2.45) is 0 Å². The van der Waals surface area contributed by atoms with Gasteiger partial charge in [-0.1, -0.05) is 0 Å². The first-order valence-electron chi connectivity index (χ1n) is 5.45. The monoisotopic (exact) mass is 308 g/mol. The Labute approximate surface area is 115 Å². The first kappa shape index (κ1) is 16.3. The van der Waals surface area contributed by atoms with Crippen LogP contribution in [-0.2, 0) is 10.2 Å². The van der Waals surface area contributed by atoms with E-state index in [1.807, 2.05) is 4.72 Å². The van der Waals surface area contributed by atoms with Crippen molar-refractivity contribution in [1.29, 1.82) is 0 Å². The minimum Gasteiger partial charge on any atom is -0.478 e. The normalized spacial score (nSPS) is 12.2. The predicted molar refractivity (Wildman–Crippen MR) is 68.7 cm³/mol. The lowest BCUT2D eigenvalue weighted by Gasteiger charge is -2.21. The number of carboxylic acids is 1. The highest BCUT2D eigenvalue weighted by molar-refractivity contribution is 7.90. The third-order valence-electron chi connectivity index (χ3n) is 1.98. The quantitative estimate of drug-likeness (QED) is 0.789. The van der Waals surface area contributed by atoms with Gasteiger partial charge in [-0.05, 0) is 26.8 Å². The van der Waals surface area contributed by atoms with Gasteiger partial charge < -0.3 is 5.11 Å². The zero-order valence-corrected chi connectivity index (χ0v) is 11.8. The number of hydrogen-bond acceptors (Lipinski definition) is 3. The molecule has 0 unspecified atom stereocenters. The van der Waals surface area contributed by atoms with Crippen molar-refractivity contribution in [3.63, 3.8) is 0 Å². The van der Waals surface area contributed by atoms with E-state index < -0.39 is 44.6 Å². The molecule has 0 aliphatic carbocycles. The molecular weight excluding hydrogens is 294 g/mol. The minimum absolute atomic E-state index is 0.409. The Morgan fingerprint density at radius 1 is 1.20 bits per heavy atom. The number of carbonyl (C=O) groups is 1. The zero-order valence-electron chi connectivity index (χ0n) is 11.0. The Morgan fingerprint density at radius 3 is 2.15 bits per heavy atom. The number of halogens is 2. The second kappa shape index (κ2) is 5.33. The van der Waals surface area contributed by atoms with Crippen LogP contribution in [0.5, 0.6) is 0 Å². The molecule has 0 saturated heterocycles. The number of benzene rings is 1. The van der Waals surface area contributed by atoms with Crippen LogP contribution in [0.25, 0.3) is 0 Å².